The maximum Gasteiger partial charge on any atom is 0.0940 e. The van der Waals surface area contributed by atoms with Gasteiger partial charge in [-0.05, 0) is 44.4 Å². The molecule has 0 unspecified atom stereocenters. The highest BCUT2D eigenvalue weighted by Crippen LogP contribution is 2.44. The first-order chi connectivity index (χ1) is 7.83. The number of hydrogen-bond acceptors (Lipinski definition) is 3. The molecule has 0 atom stereocenters. The minimum Gasteiger partial charge on any atom is -0.313 e. The number of hydrogen-bond donors (Lipinski definition) is 1. The average molecular weight is 236 g/mol. The van der Waals surface area contributed by atoms with Crippen LogP contribution in [0.25, 0.3) is 0 Å². The summed E-state index contributed by atoms with van der Waals surface area (Å²) in [5.41, 5.74) is 1.17. The number of rotatable bonds is 6. The zero-order chi connectivity index (χ0) is 11.0. The quantitative estimate of drug-likeness (QED) is 0.821. The fourth-order valence-electron chi connectivity index (χ4n) is 2.49. The van der Waals surface area contributed by atoms with Crippen LogP contribution in [0, 0.1) is 18.8 Å². The summed E-state index contributed by atoms with van der Waals surface area (Å²) in [6.45, 7) is 3.19. The van der Waals surface area contributed by atoms with Crippen molar-refractivity contribution in [1.82, 2.24) is 10.3 Å². The van der Waals surface area contributed by atoms with E-state index in [2.05, 4.69) is 22.6 Å². The molecule has 88 valence electrons. The van der Waals surface area contributed by atoms with Crippen molar-refractivity contribution >= 4 is 11.3 Å². The summed E-state index contributed by atoms with van der Waals surface area (Å²) >= 11 is 1.80. The molecule has 0 saturated heterocycles. The maximum atomic E-state index is 4.51. The van der Waals surface area contributed by atoms with E-state index in [-0.39, 0.29) is 0 Å². The Kier molecular flexibility index (Phi) is 2.99. The van der Waals surface area contributed by atoms with Crippen LogP contribution in [-0.4, -0.2) is 17.6 Å². The van der Waals surface area contributed by atoms with Crippen molar-refractivity contribution in [3.8, 4) is 0 Å². The number of thiazole rings is 1. The largest absolute Gasteiger partial charge is 0.313 e. The van der Waals surface area contributed by atoms with Crippen LogP contribution in [0.15, 0.2) is 5.38 Å². The molecule has 2 nitrogen and oxygen atoms in total. The molecule has 1 aromatic heterocycles. The van der Waals surface area contributed by atoms with Gasteiger partial charge in [-0.2, -0.15) is 0 Å². The summed E-state index contributed by atoms with van der Waals surface area (Å²) in [7, 11) is 0. The summed E-state index contributed by atoms with van der Waals surface area (Å²) in [5.74, 6) is 2.01. The van der Waals surface area contributed by atoms with Crippen molar-refractivity contribution < 1.29 is 0 Å². The fraction of sp³-hybridized carbons (Fsp3) is 0.769. The van der Waals surface area contributed by atoms with Crippen LogP contribution in [-0.2, 0) is 6.42 Å². The van der Waals surface area contributed by atoms with Gasteiger partial charge in [-0.1, -0.05) is 0 Å². The zero-order valence-corrected chi connectivity index (χ0v) is 10.7. The fourth-order valence-corrected chi connectivity index (χ4v) is 3.27. The highest BCUT2D eigenvalue weighted by atomic mass is 32.1. The second kappa shape index (κ2) is 4.46. The van der Waals surface area contributed by atoms with Gasteiger partial charge in [-0.15, -0.1) is 11.3 Å². The van der Waals surface area contributed by atoms with Crippen molar-refractivity contribution in [2.24, 2.45) is 11.8 Å². The Balaban J connectivity index is 1.44. The van der Waals surface area contributed by atoms with E-state index in [1.807, 2.05) is 0 Å². The SMILES string of the molecule is Cc1csc(CCNC(C2CC2)C2CC2)n1. The molecule has 1 heterocycles. The molecule has 16 heavy (non-hydrogen) atoms. The molecule has 2 aliphatic carbocycles. The number of nitrogens with one attached hydrogen (secondary N) is 1. The van der Waals surface area contributed by atoms with Crippen LogP contribution in [0.3, 0.4) is 0 Å². The van der Waals surface area contributed by atoms with Gasteiger partial charge < -0.3 is 5.32 Å². The summed E-state index contributed by atoms with van der Waals surface area (Å²) in [6.07, 6.45) is 6.96. The molecule has 1 N–H and O–H groups in total. The van der Waals surface area contributed by atoms with Gasteiger partial charge >= 0.3 is 0 Å². The van der Waals surface area contributed by atoms with Crippen LogP contribution in [0.2, 0.25) is 0 Å². The monoisotopic (exact) mass is 236 g/mol. The molecular formula is C13H20N2S. The maximum absolute atomic E-state index is 4.51. The van der Waals surface area contributed by atoms with E-state index in [1.165, 1.54) is 36.4 Å². The van der Waals surface area contributed by atoms with Gasteiger partial charge in [0.25, 0.3) is 0 Å². The second-order valence-corrected chi connectivity index (χ2v) is 6.23. The first-order valence-electron chi connectivity index (χ1n) is 6.47. The summed E-state index contributed by atoms with van der Waals surface area (Å²) in [5, 5.41) is 7.20. The summed E-state index contributed by atoms with van der Waals surface area (Å²) in [6, 6.07) is 0.834. The molecule has 0 spiro atoms. The Morgan fingerprint density at radius 3 is 2.56 bits per heavy atom. The minimum absolute atomic E-state index is 0.834. The van der Waals surface area contributed by atoms with Gasteiger partial charge in [0.05, 0.1) is 5.01 Å². The predicted molar refractivity (Wildman–Crippen MR) is 67.8 cm³/mol. The third-order valence-electron chi connectivity index (χ3n) is 3.65. The van der Waals surface area contributed by atoms with Gasteiger partial charge in [0, 0.05) is 30.1 Å². The second-order valence-electron chi connectivity index (χ2n) is 5.29. The molecule has 0 amide bonds. The van der Waals surface area contributed by atoms with E-state index in [0.29, 0.717) is 0 Å². The standard InChI is InChI=1S/C13H20N2S/c1-9-8-16-12(15-9)6-7-14-13(10-2-3-10)11-4-5-11/h8,10-11,13-14H,2-7H2,1H3. The lowest BCUT2D eigenvalue weighted by Gasteiger charge is -2.16. The zero-order valence-electron chi connectivity index (χ0n) is 9.91. The Morgan fingerprint density at radius 1 is 1.38 bits per heavy atom. The van der Waals surface area contributed by atoms with E-state index in [0.717, 1.165) is 30.8 Å². The molecule has 3 rings (SSSR count). The van der Waals surface area contributed by atoms with Crippen molar-refractivity contribution in [2.45, 2.75) is 45.1 Å². The first kappa shape index (κ1) is 10.7. The van der Waals surface area contributed by atoms with Crippen molar-refractivity contribution in [1.29, 1.82) is 0 Å². The highest BCUT2D eigenvalue weighted by molar-refractivity contribution is 7.09. The normalized spacial score (nSPS) is 20.6. The van der Waals surface area contributed by atoms with Crippen molar-refractivity contribution in [3.05, 3.63) is 16.1 Å². The van der Waals surface area contributed by atoms with Crippen LogP contribution < -0.4 is 5.32 Å². The van der Waals surface area contributed by atoms with Crippen molar-refractivity contribution in [2.75, 3.05) is 6.54 Å². The Labute approximate surface area is 101 Å². The van der Waals surface area contributed by atoms with Gasteiger partial charge in [-0.3, -0.25) is 0 Å². The first-order valence-corrected chi connectivity index (χ1v) is 7.35. The topological polar surface area (TPSA) is 24.9 Å². The molecule has 2 saturated carbocycles. The Hall–Kier alpha value is -0.410. The number of aryl methyl sites for hydroxylation is 1. The Morgan fingerprint density at radius 2 is 2.06 bits per heavy atom. The average Bonchev–Trinajstić information content (AvgIpc) is 3.15. The summed E-state index contributed by atoms with van der Waals surface area (Å²) in [4.78, 5) is 4.51. The van der Waals surface area contributed by atoms with E-state index >= 15 is 0 Å². The predicted octanol–water partition coefficient (Wildman–Crippen LogP) is 2.77. The molecule has 2 aliphatic rings. The lowest BCUT2D eigenvalue weighted by atomic mass is 10.1. The number of aromatic nitrogens is 1. The molecular weight excluding hydrogens is 216 g/mol. The molecule has 0 aromatic carbocycles. The third-order valence-corrected chi connectivity index (χ3v) is 4.67. The molecule has 2 fully saturated rings. The number of nitrogens with zero attached hydrogens (tertiary/aromatic N) is 1. The van der Waals surface area contributed by atoms with E-state index in [9.17, 15) is 0 Å². The van der Waals surface area contributed by atoms with Gasteiger partial charge in [0.15, 0.2) is 0 Å². The van der Waals surface area contributed by atoms with E-state index < -0.39 is 0 Å². The molecule has 3 heteroatoms. The molecule has 0 radical (unpaired) electrons. The third kappa shape index (κ3) is 2.64. The molecule has 0 aliphatic heterocycles. The smallest absolute Gasteiger partial charge is 0.0940 e. The van der Waals surface area contributed by atoms with Crippen LogP contribution in [0.5, 0.6) is 0 Å². The molecule has 1 aromatic rings. The van der Waals surface area contributed by atoms with Gasteiger partial charge in [0.1, 0.15) is 0 Å². The van der Waals surface area contributed by atoms with Gasteiger partial charge in [0.2, 0.25) is 0 Å². The lowest BCUT2D eigenvalue weighted by Crippen LogP contribution is -2.34. The van der Waals surface area contributed by atoms with E-state index in [1.54, 1.807) is 11.3 Å². The van der Waals surface area contributed by atoms with Crippen LogP contribution in [0.1, 0.15) is 36.4 Å². The van der Waals surface area contributed by atoms with Gasteiger partial charge in [-0.25, -0.2) is 4.98 Å². The van der Waals surface area contributed by atoms with Crippen LogP contribution >= 0.6 is 11.3 Å². The van der Waals surface area contributed by atoms with E-state index in [4.69, 9.17) is 0 Å². The van der Waals surface area contributed by atoms with Crippen LogP contribution in [0.4, 0.5) is 0 Å². The Bertz CT molecular complexity index is 341. The summed E-state index contributed by atoms with van der Waals surface area (Å²) < 4.78 is 0. The molecule has 0 bridgehead atoms. The minimum atomic E-state index is 0.834. The lowest BCUT2D eigenvalue weighted by molar-refractivity contribution is 0.420. The highest BCUT2D eigenvalue weighted by Gasteiger charge is 2.40. The van der Waals surface area contributed by atoms with Crippen molar-refractivity contribution in [3.63, 3.8) is 0 Å².